The monoisotopic (exact) mass is 192 g/mol. The molecule has 0 N–H and O–H groups in total. The van der Waals surface area contributed by atoms with E-state index in [1.807, 2.05) is 0 Å². The summed E-state index contributed by atoms with van der Waals surface area (Å²) < 4.78 is 27.4. The number of hydrogen-bond acceptors (Lipinski definition) is 3. The summed E-state index contributed by atoms with van der Waals surface area (Å²) in [5, 5.41) is 0. The molecule has 1 aliphatic heterocycles. The molecule has 0 aromatic heterocycles. The summed E-state index contributed by atoms with van der Waals surface area (Å²) in [6.07, 6.45) is 0.863. The van der Waals surface area contributed by atoms with Crippen molar-refractivity contribution >= 4 is 9.84 Å². The van der Waals surface area contributed by atoms with Crippen LogP contribution in [0.1, 0.15) is 27.2 Å². The van der Waals surface area contributed by atoms with Crippen LogP contribution in [-0.4, -0.2) is 31.6 Å². The smallest absolute Gasteiger partial charge is 0.155 e. The van der Waals surface area contributed by atoms with Gasteiger partial charge in [-0.15, -0.1) is 0 Å². The topological polar surface area (TPSA) is 46.7 Å². The molecule has 1 aliphatic rings. The fraction of sp³-hybridized carbons (Fsp3) is 1.00. The average Bonchev–Trinajstić information content (AvgIpc) is 2.62. The van der Waals surface area contributed by atoms with Gasteiger partial charge in [0.2, 0.25) is 0 Å². The van der Waals surface area contributed by atoms with E-state index in [4.69, 9.17) is 4.74 Å². The Balaban J connectivity index is 2.47. The molecule has 4 heteroatoms. The van der Waals surface area contributed by atoms with Crippen LogP contribution in [0.2, 0.25) is 0 Å². The van der Waals surface area contributed by atoms with Crippen molar-refractivity contribution < 1.29 is 13.2 Å². The second kappa shape index (κ2) is 3.00. The normalized spacial score (nSPS) is 24.1. The number of rotatable bonds is 3. The van der Waals surface area contributed by atoms with E-state index in [2.05, 4.69) is 0 Å². The molecule has 1 rings (SSSR count). The summed E-state index contributed by atoms with van der Waals surface area (Å²) >= 11 is 0. The lowest BCUT2D eigenvalue weighted by atomic mass is 10.3. The van der Waals surface area contributed by atoms with Crippen LogP contribution in [0.3, 0.4) is 0 Å². The van der Waals surface area contributed by atoms with Gasteiger partial charge in [0.1, 0.15) is 0 Å². The Kier molecular flexibility index (Phi) is 2.50. The molecule has 1 unspecified atom stereocenters. The highest BCUT2D eigenvalue weighted by atomic mass is 32.2. The first-order valence-corrected chi connectivity index (χ1v) is 5.82. The minimum Gasteiger partial charge on any atom is -0.373 e. The summed E-state index contributed by atoms with van der Waals surface area (Å²) in [6.45, 7) is 5.93. The van der Waals surface area contributed by atoms with Crippen molar-refractivity contribution in [3.8, 4) is 0 Å². The summed E-state index contributed by atoms with van der Waals surface area (Å²) in [4.78, 5) is 0. The Morgan fingerprint density at radius 3 is 2.25 bits per heavy atom. The van der Waals surface area contributed by atoms with E-state index in [0.29, 0.717) is 6.42 Å². The van der Waals surface area contributed by atoms with Gasteiger partial charge in [0.15, 0.2) is 9.84 Å². The first-order valence-electron chi connectivity index (χ1n) is 4.17. The lowest BCUT2D eigenvalue weighted by Gasteiger charge is -2.18. The maximum absolute atomic E-state index is 11.5. The van der Waals surface area contributed by atoms with Gasteiger partial charge in [0.05, 0.1) is 23.2 Å². The van der Waals surface area contributed by atoms with Gasteiger partial charge in [-0.25, -0.2) is 8.42 Å². The van der Waals surface area contributed by atoms with E-state index in [0.717, 1.165) is 6.61 Å². The molecule has 1 heterocycles. The zero-order valence-electron chi connectivity index (χ0n) is 7.83. The molecule has 0 aromatic rings. The molecule has 3 nitrogen and oxygen atoms in total. The molecule has 1 atom stereocenters. The van der Waals surface area contributed by atoms with Gasteiger partial charge in [-0.3, -0.25) is 0 Å². The maximum atomic E-state index is 11.5. The predicted octanol–water partition coefficient (Wildman–Crippen LogP) is 0.989. The first-order chi connectivity index (χ1) is 5.33. The van der Waals surface area contributed by atoms with Crippen molar-refractivity contribution in [1.29, 1.82) is 0 Å². The predicted molar refractivity (Wildman–Crippen MR) is 47.9 cm³/mol. The van der Waals surface area contributed by atoms with Crippen LogP contribution in [0.25, 0.3) is 0 Å². The third kappa shape index (κ3) is 2.45. The fourth-order valence-corrected chi connectivity index (χ4v) is 2.01. The van der Waals surface area contributed by atoms with Gasteiger partial charge < -0.3 is 4.74 Å². The maximum Gasteiger partial charge on any atom is 0.155 e. The molecule has 12 heavy (non-hydrogen) atoms. The highest BCUT2D eigenvalue weighted by Crippen LogP contribution is 2.21. The quantitative estimate of drug-likeness (QED) is 0.626. The Morgan fingerprint density at radius 2 is 1.92 bits per heavy atom. The molecular formula is C8H16O3S. The van der Waals surface area contributed by atoms with Crippen LogP contribution >= 0.6 is 0 Å². The van der Waals surface area contributed by atoms with Gasteiger partial charge in [0.25, 0.3) is 0 Å². The van der Waals surface area contributed by atoms with Gasteiger partial charge in [-0.1, -0.05) is 0 Å². The summed E-state index contributed by atoms with van der Waals surface area (Å²) in [5.74, 6) is 0.251. The largest absolute Gasteiger partial charge is 0.373 e. The van der Waals surface area contributed by atoms with Crippen molar-refractivity contribution in [2.75, 3.05) is 12.4 Å². The Hall–Kier alpha value is -0.0900. The zero-order chi connectivity index (χ0) is 9.41. The van der Waals surface area contributed by atoms with Gasteiger partial charge in [-0.2, -0.15) is 0 Å². The van der Waals surface area contributed by atoms with E-state index >= 15 is 0 Å². The number of epoxide rings is 1. The fourth-order valence-electron chi connectivity index (χ4n) is 0.827. The molecule has 0 aromatic carbocycles. The number of hydrogen-bond donors (Lipinski definition) is 0. The van der Waals surface area contributed by atoms with Crippen LogP contribution in [0, 0.1) is 0 Å². The van der Waals surface area contributed by atoms with E-state index in [-0.39, 0.29) is 11.9 Å². The highest BCUT2D eigenvalue weighted by molar-refractivity contribution is 7.92. The lowest BCUT2D eigenvalue weighted by Crippen LogP contribution is -2.30. The molecule has 1 saturated heterocycles. The third-order valence-electron chi connectivity index (χ3n) is 2.04. The first kappa shape index (κ1) is 9.99. The number of sulfone groups is 1. The number of ether oxygens (including phenoxy) is 1. The van der Waals surface area contributed by atoms with Crippen molar-refractivity contribution in [1.82, 2.24) is 0 Å². The van der Waals surface area contributed by atoms with Crippen LogP contribution < -0.4 is 0 Å². The molecular weight excluding hydrogens is 176 g/mol. The van der Waals surface area contributed by atoms with Gasteiger partial charge in [0, 0.05) is 0 Å². The second-order valence-electron chi connectivity index (χ2n) is 4.18. The van der Waals surface area contributed by atoms with Crippen LogP contribution in [0.15, 0.2) is 0 Å². The Bertz CT molecular complexity index is 244. The molecule has 0 spiro atoms. The van der Waals surface area contributed by atoms with E-state index in [1.165, 1.54) is 0 Å². The molecule has 0 amide bonds. The standard InChI is InChI=1S/C8H16O3S/c1-8(2,3)12(9,10)5-4-7-6-11-7/h7H,4-6H2,1-3H3. The molecule has 0 aliphatic carbocycles. The van der Waals surface area contributed by atoms with Crippen LogP contribution in [0.4, 0.5) is 0 Å². The SMILES string of the molecule is CC(C)(C)S(=O)(=O)CCC1CO1. The minimum absolute atomic E-state index is 0.210. The van der Waals surface area contributed by atoms with Crippen molar-refractivity contribution in [3.63, 3.8) is 0 Å². The summed E-state index contributed by atoms with van der Waals surface area (Å²) in [7, 11) is -2.93. The van der Waals surface area contributed by atoms with Gasteiger partial charge in [-0.05, 0) is 27.2 Å². The molecule has 0 radical (unpaired) electrons. The third-order valence-corrected chi connectivity index (χ3v) is 4.68. The van der Waals surface area contributed by atoms with E-state index in [9.17, 15) is 8.42 Å². The van der Waals surface area contributed by atoms with E-state index in [1.54, 1.807) is 20.8 Å². The molecule has 1 fully saturated rings. The summed E-state index contributed by atoms with van der Waals surface area (Å²) in [5.41, 5.74) is 0. The van der Waals surface area contributed by atoms with Crippen LogP contribution in [0.5, 0.6) is 0 Å². The highest BCUT2D eigenvalue weighted by Gasteiger charge is 2.32. The lowest BCUT2D eigenvalue weighted by molar-refractivity contribution is 0.402. The minimum atomic E-state index is -2.93. The second-order valence-corrected chi connectivity index (χ2v) is 7.04. The Labute approximate surface area is 74.0 Å². The van der Waals surface area contributed by atoms with Crippen LogP contribution in [-0.2, 0) is 14.6 Å². The van der Waals surface area contributed by atoms with Crippen molar-refractivity contribution in [2.24, 2.45) is 0 Å². The average molecular weight is 192 g/mol. The molecule has 0 saturated carbocycles. The van der Waals surface area contributed by atoms with E-state index < -0.39 is 14.6 Å². The van der Waals surface area contributed by atoms with Crippen molar-refractivity contribution in [3.05, 3.63) is 0 Å². The van der Waals surface area contributed by atoms with Gasteiger partial charge >= 0.3 is 0 Å². The molecule has 0 bridgehead atoms. The molecule has 72 valence electrons. The Morgan fingerprint density at radius 1 is 1.42 bits per heavy atom. The van der Waals surface area contributed by atoms with Crippen molar-refractivity contribution in [2.45, 2.75) is 38.0 Å². The summed E-state index contributed by atoms with van der Waals surface area (Å²) in [6, 6.07) is 0. The zero-order valence-corrected chi connectivity index (χ0v) is 8.65.